The van der Waals surface area contributed by atoms with Crippen molar-refractivity contribution >= 4 is 29.3 Å². The number of hydrogen-bond acceptors (Lipinski definition) is 6. The molecule has 0 saturated heterocycles. The molecule has 2 rings (SSSR count). The SMILES string of the molecule is COc1ccc(Nc2nnc(N)o2)cc1Cl. The molecule has 0 aliphatic rings. The number of rotatable bonds is 3. The van der Waals surface area contributed by atoms with Gasteiger partial charge in [0.15, 0.2) is 0 Å². The van der Waals surface area contributed by atoms with Gasteiger partial charge in [0.25, 0.3) is 0 Å². The van der Waals surface area contributed by atoms with Gasteiger partial charge in [0.2, 0.25) is 0 Å². The summed E-state index contributed by atoms with van der Waals surface area (Å²) in [6, 6.07) is 5.39. The van der Waals surface area contributed by atoms with E-state index in [0.29, 0.717) is 16.5 Å². The molecule has 0 bridgehead atoms. The molecule has 0 aliphatic heterocycles. The molecule has 7 heteroatoms. The van der Waals surface area contributed by atoms with Crippen molar-refractivity contribution in [1.82, 2.24) is 10.2 Å². The number of nitrogen functional groups attached to an aromatic ring is 1. The summed E-state index contributed by atoms with van der Waals surface area (Å²) >= 11 is 5.94. The number of hydrogen-bond donors (Lipinski definition) is 2. The summed E-state index contributed by atoms with van der Waals surface area (Å²) in [7, 11) is 1.55. The minimum Gasteiger partial charge on any atom is -0.495 e. The van der Waals surface area contributed by atoms with E-state index in [2.05, 4.69) is 15.5 Å². The predicted molar refractivity (Wildman–Crippen MR) is 60.0 cm³/mol. The average Bonchev–Trinajstić information content (AvgIpc) is 2.64. The van der Waals surface area contributed by atoms with Gasteiger partial charge in [-0.05, 0) is 18.2 Å². The van der Waals surface area contributed by atoms with E-state index in [9.17, 15) is 0 Å². The fraction of sp³-hybridized carbons (Fsp3) is 0.111. The fourth-order valence-corrected chi connectivity index (χ4v) is 1.41. The van der Waals surface area contributed by atoms with Crippen LogP contribution in [-0.4, -0.2) is 17.3 Å². The standard InChI is InChI=1S/C9H9ClN4O2/c1-15-7-3-2-5(4-6(7)10)12-9-14-13-8(11)16-9/h2-4H,1H3,(H2,11,13)(H,12,14). The third-order valence-electron chi connectivity index (χ3n) is 1.84. The van der Waals surface area contributed by atoms with Crippen molar-refractivity contribution in [3.05, 3.63) is 23.2 Å². The molecule has 0 saturated carbocycles. The normalized spacial score (nSPS) is 10.1. The third kappa shape index (κ3) is 2.17. The Hall–Kier alpha value is -1.95. The van der Waals surface area contributed by atoms with Crippen molar-refractivity contribution in [2.75, 3.05) is 18.2 Å². The molecular weight excluding hydrogens is 232 g/mol. The Labute approximate surface area is 96.4 Å². The number of nitrogens with zero attached hydrogens (tertiary/aromatic N) is 2. The van der Waals surface area contributed by atoms with E-state index >= 15 is 0 Å². The number of halogens is 1. The number of methoxy groups -OCH3 is 1. The molecule has 3 N–H and O–H groups in total. The van der Waals surface area contributed by atoms with E-state index < -0.39 is 0 Å². The van der Waals surface area contributed by atoms with Gasteiger partial charge < -0.3 is 20.2 Å². The van der Waals surface area contributed by atoms with Crippen LogP contribution in [0.1, 0.15) is 0 Å². The Morgan fingerprint density at radius 2 is 2.25 bits per heavy atom. The van der Waals surface area contributed by atoms with Crippen molar-refractivity contribution in [2.45, 2.75) is 0 Å². The van der Waals surface area contributed by atoms with Gasteiger partial charge in [0, 0.05) is 5.69 Å². The predicted octanol–water partition coefficient (Wildman–Crippen LogP) is 2.06. The van der Waals surface area contributed by atoms with E-state index in [1.807, 2.05) is 0 Å². The van der Waals surface area contributed by atoms with Crippen LogP contribution in [0.25, 0.3) is 0 Å². The largest absolute Gasteiger partial charge is 0.495 e. The maximum Gasteiger partial charge on any atom is 0.321 e. The van der Waals surface area contributed by atoms with Gasteiger partial charge in [-0.3, -0.25) is 0 Å². The summed E-state index contributed by atoms with van der Waals surface area (Å²) in [6.07, 6.45) is 0. The zero-order valence-electron chi connectivity index (χ0n) is 8.40. The number of benzene rings is 1. The molecule has 0 atom stereocenters. The van der Waals surface area contributed by atoms with Gasteiger partial charge in [-0.25, -0.2) is 0 Å². The summed E-state index contributed by atoms with van der Waals surface area (Å²) in [5.41, 5.74) is 5.98. The fourth-order valence-electron chi connectivity index (χ4n) is 1.15. The highest BCUT2D eigenvalue weighted by Gasteiger charge is 2.05. The first-order chi connectivity index (χ1) is 7.69. The quantitative estimate of drug-likeness (QED) is 0.854. The lowest BCUT2D eigenvalue weighted by molar-refractivity contribution is 0.415. The second-order valence-electron chi connectivity index (χ2n) is 2.92. The molecule has 0 fully saturated rings. The number of aromatic nitrogens is 2. The zero-order chi connectivity index (χ0) is 11.5. The Morgan fingerprint density at radius 3 is 2.81 bits per heavy atom. The Kier molecular flexibility index (Phi) is 2.82. The number of nitrogens with one attached hydrogen (secondary N) is 1. The van der Waals surface area contributed by atoms with Crippen LogP contribution in [0.15, 0.2) is 22.6 Å². The molecule has 84 valence electrons. The maximum atomic E-state index is 5.94. The van der Waals surface area contributed by atoms with Crippen molar-refractivity contribution in [3.63, 3.8) is 0 Å². The Bertz CT molecular complexity index is 500. The van der Waals surface area contributed by atoms with Crippen LogP contribution < -0.4 is 15.8 Å². The molecule has 0 spiro atoms. The van der Waals surface area contributed by atoms with Crippen molar-refractivity contribution in [1.29, 1.82) is 0 Å². The molecule has 6 nitrogen and oxygen atoms in total. The smallest absolute Gasteiger partial charge is 0.321 e. The number of anilines is 3. The van der Waals surface area contributed by atoms with Crippen LogP contribution in [-0.2, 0) is 0 Å². The zero-order valence-corrected chi connectivity index (χ0v) is 9.15. The summed E-state index contributed by atoms with van der Waals surface area (Å²) < 4.78 is 9.98. The Balaban J connectivity index is 2.19. The lowest BCUT2D eigenvalue weighted by Gasteiger charge is -2.05. The molecular formula is C9H9ClN4O2. The molecule has 0 radical (unpaired) electrons. The van der Waals surface area contributed by atoms with Crippen LogP contribution in [0.3, 0.4) is 0 Å². The highest BCUT2D eigenvalue weighted by molar-refractivity contribution is 6.32. The van der Waals surface area contributed by atoms with Gasteiger partial charge in [0.05, 0.1) is 12.1 Å². The van der Waals surface area contributed by atoms with Crippen LogP contribution >= 0.6 is 11.6 Å². The highest BCUT2D eigenvalue weighted by atomic mass is 35.5. The third-order valence-corrected chi connectivity index (χ3v) is 2.14. The number of ether oxygens (including phenoxy) is 1. The summed E-state index contributed by atoms with van der Waals surface area (Å²) in [4.78, 5) is 0. The summed E-state index contributed by atoms with van der Waals surface area (Å²) in [5.74, 6) is 0.595. The van der Waals surface area contributed by atoms with E-state index in [0.717, 1.165) is 0 Å². The van der Waals surface area contributed by atoms with Crippen molar-refractivity contribution in [2.24, 2.45) is 0 Å². The topological polar surface area (TPSA) is 86.2 Å². The van der Waals surface area contributed by atoms with E-state index in [1.165, 1.54) is 0 Å². The maximum absolute atomic E-state index is 5.94. The average molecular weight is 241 g/mol. The van der Waals surface area contributed by atoms with Gasteiger partial charge in [-0.15, -0.1) is 0 Å². The second-order valence-corrected chi connectivity index (χ2v) is 3.33. The van der Waals surface area contributed by atoms with Gasteiger partial charge >= 0.3 is 12.0 Å². The van der Waals surface area contributed by atoms with E-state index in [-0.39, 0.29) is 12.0 Å². The molecule has 16 heavy (non-hydrogen) atoms. The Morgan fingerprint density at radius 1 is 1.44 bits per heavy atom. The molecule has 0 aliphatic carbocycles. The molecule has 1 aromatic carbocycles. The van der Waals surface area contributed by atoms with Crippen LogP contribution in [0.2, 0.25) is 5.02 Å². The molecule has 2 aromatic rings. The van der Waals surface area contributed by atoms with Crippen LogP contribution in [0, 0.1) is 0 Å². The first-order valence-electron chi connectivity index (χ1n) is 4.38. The summed E-state index contributed by atoms with van der Waals surface area (Å²) in [6.45, 7) is 0. The van der Waals surface area contributed by atoms with Gasteiger partial charge in [-0.2, -0.15) is 0 Å². The molecule has 1 aromatic heterocycles. The molecule has 1 heterocycles. The molecule has 0 unspecified atom stereocenters. The van der Waals surface area contributed by atoms with Crippen LogP contribution in [0.4, 0.5) is 17.7 Å². The van der Waals surface area contributed by atoms with Crippen molar-refractivity contribution in [3.8, 4) is 5.75 Å². The van der Waals surface area contributed by atoms with Crippen molar-refractivity contribution < 1.29 is 9.15 Å². The monoisotopic (exact) mass is 240 g/mol. The van der Waals surface area contributed by atoms with Crippen LogP contribution in [0.5, 0.6) is 5.75 Å². The lowest BCUT2D eigenvalue weighted by Crippen LogP contribution is -1.91. The van der Waals surface area contributed by atoms with E-state index in [4.69, 9.17) is 26.5 Å². The first-order valence-corrected chi connectivity index (χ1v) is 4.76. The minimum atomic E-state index is 0.00195. The lowest BCUT2D eigenvalue weighted by atomic mass is 10.3. The van der Waals surface area contributed by atoms with Gasteiger partial charge in [0.1, 0.15) is 5.75 Å². The molecule has 0 amide bonds. The van der Waals surface area contributed by atoms with Gasteiger partial charge in [-0.1, -0.05) is 21.8 Å². The number of nitrogens with two attached hydrogens (primary N) is 1. The first kappa shape index (κ1) is 10.6. The highest BCUT2D eigenvalue weighted by Crippen LogP contribution is 2.28. The summed E-state index contributed by atoms with van der Waals surface area (Å²) in [5, 5.41) is 10.5. The van der Waals surface area contributed by atoms with E-state index in [1.54, 1.807) is 25.3 Å². The second kappa shape index (κ2) is 4.28. The minimum absolute atomic E-state index is 0.00195.